The first kappa shape index (κ1) is 17.7. The summed E-state index contributed by atoms with van der Waals surface area (Å²) in [6, 6.07) is 2.05. The van der Waals surface area contributed by atoms with E-state index in [0.717, 1.165) is 18.9 Å². The Bertz CT molecular complexity index is 696. The van der Waals surface area contributed by atoms with Crippen LogP contribution in [0, 0.1) is 5.82 Å². The zero-order valence-corrected chi connectivity index (χ0v) is 12.7. The molecule has 1 aliphatic carbocycles. The van der Waals surface area contributed by atoms with Crippen LogP contribution >= 0.6 is 12.4 Å². The fraction of sp³-hybridized carbons (Fsp3) is 0.429. The fourth-order valence-electron chi connectivity index (χ4n) is 2.63. The number of alkyl halides is 3. The van der Waals surface area contributed by atoms with E-state index in [1.54, 1.807) is 0 Å². The zero-order valence-electron chi connectivity index (χ0n) is 11.9. The third-order valence-corrected chi connectivity index (χ3v) is 3.89. The molecular formula is C14H14ClF4N3O. The summed E-state index contributed by atoms with van der Waals surface area (Å²) in [6.07, 6.45) is -1.42. The highest BCUT2D eigenvalue weighted by molar-refractivity contribution is 5.85. The van der Waals surface area contributed by atoms with Crippen molar-refractivity contribution in [3.8, 4) is 11.5 Å². The molecule has 0 unspecified atom stereocenters. The van der Waals surface area contributed by atoms with Gasteiger partial charge in [0, 0.05) is 0 Å². The van der Waals surface area contributed by atoms with Crippen LogP contribution in [0.15, 0.2) is 22.7 Å². The summed E-state index contributed by atoms with van der Waals surface area (Å²) in [6.45, 7) is 0. The van der Waals surface area contributed by atoms with Crippen molar-refractivity contribution >= 4 is 12.4 Å². The number of nitrogens with zero attached hydrogens (tertiary/aromatic N) is 2. The van der Waals surface area contributed by atoms with Crippen LogP contribution in [0.5, 0.6) is 0 Å². The van der Waals surface area contributed by atoms with E-state index in [1.807, 2.05) is 0 Å². The molecule has 0 bridgehead atoms. The first-order valence-electron chi connectivity index (χ1n) is 6.80. The Morgan fingerprint density at radius 3 is 2.43 bits per heavy atom. The van der Waals surface area contributed by atoms with Crippen LogP contribution in [0.4, 0.5) is 17.6 Å². The summed E-state index contributed by atoms with van der Waals surface area (Å²) in [7, 11) is 0. The molecule has 1 aromatic carbocycles. The van der Waals surface area contributed by atoms with Gasteiger partial charge in [-0.3, -0.25) is 0 Å². The van der Waals surface area contributed by atoms with Gasteiger partial charge in [-0.25, -0.2) is 4.39 Å². The summed E-state index contributed by atoms with van der Waals surface area (Å²) in [5.41, 5.74) is 4.04. The van der Waals surface area contributed by atoms with Crippen molar-refractivity contribution in [2.45, 2.75) is 37.4 Å². The molecule has 4 nitrogen and oxygen atoms in total. The summed E-state index contributed by atoms with van der Waals surface area (Å²) in [5, 5.41) is 3.72. The number of rotatable bonds is 2. The van der Waals surface area contributed by atoms with E-state index in [-0.39, 0.29) is 29.7 Å². The fourth-order valence-corrected chi connectivity index (χ4v) is 2.63. The second-order valence-electron chi connectivity index (χ2n) is 5.48. The highest BCUT2D eigenvalue weighted by Gasteiger charge is 2.37. The molecular weight excluding hydrogens is 338 g/mol. The van der Waals surface area contributed by atoms with Gasteiger partial charge in [-0.1, -0.05) is 18.0 Å². The maximum absolute atomic E-state index is 13.8. The average molecular weight is 352 g/mol. The Morgan fingerprint density at radius 1 is 1.17 bits per heavy atom. The molecule has 1 saturated carbocycles. The molecule has 1 aromatic heterocycles. The summed E-state index contributed by atoms with van der Waals surface area (Å²) >= 11 is 0. The lowest BCUT2D eigenvalue weighted by Gasteiger charge is -2.17. The van der Waals surface area contributed by atoms with Crippen LogP contribution in [-0.4, -0.2) is 10.1 Å². The number of nitrogens with two attached hydrogens (primary N) is 1. The zero-order chi connectivity index (χ0) is 16.0. The smallest absolute Gasteiger partial charge is 0.334 e. The predicted molar refractivity (Wildman–Crippen MR) is 76.3 cm³/mol. The van der Waals surface area contributed by atoms with Gasteiger partial charge in [0.05, 0.1) is 16.7 Å². The Kier molecular flexibility index (Phi) is 4.68. The van der Waals surface area contributed by atoms with Gasteiger partial charge >= 0.3 is 6.18 Å². The molecule has 1 aliphatic rings. The lowest BCUT2D eigenvalue weighted by Crippen LogP contribution is -2.34. The second kappa shape index (κ2) is 6.09. The molecule has 0 aliphatic heterocycles. The van der Waals surface area contributed by atoms with Crippen molar-refractivity contribution in [2.75, 3.05) is 0 Å². The van der Waals surface area contributed by atoms with E-state index < -0.39 is 23.1 Å². The molecule has 9 heteroatoms. The van der Waals surface area contributed by atoms with E-state index in [9.17, 15) is 17.6 Å². The van der Waals surface area contributed by atoms with Gasteiger partial charge in [-0.2, -0.15) is 18.2 Å². The van der Waals surface area contributed by atoms with Crippen LogP contribution in [0.1, 0.15) is 37.1 Å². The summed E-state index contributed by atoms with van der Waals surface area (Å²) < 4.78 is 56.9. The van der Waals surface area contributed by atoms with Crippen LogP contribution in [0.3, 0.4) is 0 Å². The highest BCUT2D eigenvalue weighted by Crippen LogP contribution is 2.37. The minimum atomic E-state index is -4.58. The van der Waals surface area contributed by atoms with Crippen molar-refractivity contribution in [3.05, 3.63) is 35.4 Å². The van der Waals surface area contributed by atoms with Gasteiger partial charge < -0.3 is 10.3 Å². The molecule has 0 saturated heterocycles. The molecule has 2 aromatic rings. The first-order valence-corrected chi connectivity index (χ1v) is 6.80. The lowest BCUT2D eigenvalue weighted by atomic mass is 9.98. The molecule has 2 N–H and O–H groups in total. The van der Waals surface area contributed by atoms with E-state index >= 15 is 0 Å². The monoisotopic (exact) mass is 351 g/mol. The third-order valence-electron chi connectivity index (χ3n) is 3.89. The van der Waals surface area contributed by atoms with Crippen molar-refractivity contribution in [1.29, 1.82) is 0 Å². The topological polar surface area (TPSA) is 64.9 Å². The maximum atomic E-state index is 13.8. The molecule has 23 heavy (non-hydrogen) atoms. The molecule has 1 fully saturated rings. The van der Waals surface area contributed by atoms with Gasteiger partial charge in [0.15, 0.2) is 5.82 Å². The average Bonchev–Trinajstić information content (AvgIpc) is 3.07. The predicted octanol–water partition coefficient (Wildman–Crippen LogP) is 4.04. The van der Waals surface area contributed by atoms with Crippen molar-refractivity contribution in [1.82, 2.24) is 10.1 Å². The number of hydrogen-bond acceptors (Lipinski definition) is 4. The van der Waals surface area contributed by atoms with Crippen LogP contribution in [0.2, 0.25) is 0 Å². The van der Waals surface area contributed by atoms with Crippen molar-refractivity contribution in [2.24, 2.45) is 5.73 Å². The van der Waals surface area contributed by atoms with Gasteiger partial charge in [0.1, 0.15) is 5.82 Å². The van der Waals surface area contributed by atoms with E-state index in [2.05, 4.69) is 10.1 Å². The molecule has 1 heterocycles. The Morgan fingerprint density at radius 2 is 1.83 bits per heavy atom. The minimum Gasteiger partial charge on any atom is -0.334 e. The standard InChI is InChI=1S/C14H13F4N3O.ClH/c15-10-4-3-8(14(16,17)18)7-9(10)11-20-12(21-22-11)13(19)5-1-2-6-13;/h3-4,7H,1-2,5-6,19H2;1H. The van der Waals surface area contributed by atoms with Gasteiger partial charge in [0.25, 0.3) is 5.89 Å². The number of aromatic nitrogens is 2. The molecule has 0 spiro atoms. The number of benzene rings is 1. The quantitative estimate of drug-likeness (QED) is 0.829. The van der Waals surface area contributed by atoms with Gasteiger partial charge in [-0.05, 0) is 31.0 Å². The lowest BCUT2D eigenvalue weighted by molar-refractivity contribution is -0.137. The van der Waals surface area contributed by atoms with Crippen LogP contribution in [0.25, 0.3) is 11.5 Å². The normalized spacial score (nSPS) is 17.1. The Hall–Kier alpha value is -1.67. The third kappa shape index (κ3) is 3.32. The van der Waals surface area contributed by atoms with E-state index in [0.29, 0.717) is 25.0 Å². The first-order chi connectivity index (χ1) is 10.3. The maximum Gasteiger partial charge on any atom is 0.416 e. The Balaban J connectivity index is 0.00000192. The van der Waals surface area contributed by atoms with Crippen molar-refractivity contribution in [3.63, 3.8) is 0 Å². The van der Waals surface area contributed by atoms with E-state index in [4.69, 9.17) is 10.3 Å². The minimum absolute atomic E-state index is 0. The molecule has 0 atom stereocenters. The van der Waals surface area contributed by atoms with Gasteiger partial charge in [0.2, 0.25) is 0 Å². The van der Waals surface area contributed by atoms with Crippen molar-refractivity contribution < 1.29 is 22.1 Å². The largest absolute Gasteiger partial charge is 0.416 e. The van der Waals surface area contributed by atoms with E-state index in [1.165, 1.54) is 0 Å². The number of halogens is 5. The molecule has 0 radical (unpaired) electrons. The SMILES string of the molecule is Cl.NC1(c2noc(-c3cc(C(F)(F)F)ccc3F)n2)CCCC1. The molecule has 126 valence electrons. The second-order valence-corrected chi connectivity index (χ2v) is 5.48. The number of hydrogen-bond donors (Lipinski definition) is 1. The summed E-state index contributed by atoms with van der Waals surface area (Å²) in [5.74, 6) is -0.951. The Labute approximate surface area is 135 Å². The summed E-state index contributed by atoms with van der Waals surface area (Å²) in [4.78, 5) is 4.01. The highest BCUT2D eigenvalue weighted by atomic mass is 35.5. The van der Waals surface area contributed by atoms with Crippen LogP contribution < -0.4 is 5.73 Å². The molecule has 3 rings (SSSR count). The van der Waals surface area contributed by atoms with Crippen LogP contribution in [-0.2, 0) is 11.7 Å². The van der Waals surface area contributed by atoms with Gasteiger partial charge in [-0.15, -0.1) is 12.4 Å². The molecule has 0 amide bonds.